The summed E-state index contributed by atoms with van der Waals surface area (Å²) in [4.78, 5) is 7.38. The molecule has 0 radical (unpaired) electrons. The van der Waals surface area contributed by atoms with Crippen LogP contribution >= 0.6 is 24.0 Å². The molecule has 1 aromatic rings. The monoisotopic (exact) mass is 281 g/mol. The molecule has 3 nitrogen and oxygen atoms in total. The lowest BCUT2D eigenvalue weighted by molar-refractivity contribution is 0.717. The number of pyridine rings is 1. The Morgan fingerprint density at radius 3 is 2.56 bits per heavy atom. The van der Waals surface area contributed by atoms with E-state index in [2.05, 4.69) is 23.7 Å². The highest BCUT2D eigenvalue weighted by Gasteiger charge is 2.25. The molecule has 1 saturated heterocycles. The molecule has 2 rings (SSSR count). The fourth-order valence-electron chi connectivity index (χ4n) is 2.33. The summed E-state index contributed by atoms with van der Waals surface area (Å²) >= 11 is 7.15. The van der Waals surface area contributed by atoms with E-state index >= 15 is 0 Å². The summed E-state index contributed by atoms with van der Waals surface area (Å²) in [5.41, 5.74) is 7.69. The van der Waals surface area contributed by atoms with Crippen LogP contribution in [0.3, 0.4) is 0 Å². The van der Waals surface area contributed by atoms with E-state index in [0.717, 1.165) is 30.2 Å². The van der Waals surface area contributed by atoms with Crippen molar-refractivity contribution in [1.82, 2.24) is 4.98 Å². The molecule has 0 aliphatic carbocycles. The van der Waals surface area contributed by atoms with E-state index < -0.39 is 0 Å². The third-order valence-corrected chi connectivity index (χ3v) is 4.45. The van der Waals surface area contributed by atoms with E-state index in [1.54, 1.807) is 0 Å². The van der Waals surface area contributed by atoms with Gasteiger partial charge in [0.2, 0.25) is 0 Å². The van der Waals surface area contributed by atoms with E-state index in [0.29, 0.717) is 15.5 Å². The van der Waals surface area contributed by atoms with Crippen molar-refractivity contribution in [3.05, 3.63) is 23.4 Å². The molecule has 0 saturated carbocycles. The Kier molecular flexibility index (Phi) is 4.12. The third-order valence-electron chi connectivity index (χ3n) is 3.00. The van der Waals surface area contributed by atoms with Crippen molar-refractivity contribution in [2.24, 2.45) is 5.73 Å². The quantitative estimate of drug-likeness (QED) is 0.843. The number of thioether (sulfide) groups is 1. The number of anilines is 1. The van der Waals surface area contributed by atoms with E-state index in [1.165, 1.54) is 0 Å². The molecular formula is C13H19N3S2. The molecule has 1 aliphatic heterocycles. The maximum Gasteiger partial charge on any atom is 0.139 e. The van der Waals surface area contributed by atoms with Crippen molar-refractivity contribution in [2.75, 3.05) is 18.0 Å². The van der Waals surface area contributed by atoms with Gasteiger partial charge in [0.25, 0.3) is 0 Å². The lowest BCUT2D eigenvalue weighted by Crippen LogP contribution is -2.41. The summed E-state index contributed by atoms with van der Waals surface area (Å²) in [7, 11) is 0. The Hall–Kier alpha value is -0.810. The van der Waals surface area contributed by atoms with Crippen molar-refractivity contribution in [1.29, 1.82) is 0 Å². The lowest BCUT2D eigenvalue weighted by atomic mass is 10.2. The first-order chi connectivity index (χ1) is 8.47. The summed E-state index contributed by atoms with van der Waals surface area (Å²) < 4.78 is 0. The molecule has 2 heterocycles. The summed E-state index contributed by atoms with van der Waals surface area (Å²) in [6.07, 6.45) is 0. The Bertz CT molecular complexity index is 452. The summed E-state index contributed by atoms with van der Waals surface area (Å²) in [5, 5.41) is 1.21. The van der Waals surface area contributed by atoms with Crippen molar-refractivity contribution < 1.29 is 0 Å². The van der Waals surface area contributed by atoms with Crippen molar-refractivity contribution in [3.63, 3.8) is 0 Å². The van der Waals surface area contributed by atoms with Gasteiger partial charge in [-0.05, 0) is 19.1 Å². The molecule has 1 aromatic heterocycles. The van der Waals surface area contributed by atoms with Crippen LogP contribution in [0.4, 0.5) is 5.82 Å². The van der Waals surface area contributed by atoms with Crippen molar-refractivity contribution in [2.45, 2.75) is 31.3 Å². The fraction of sp³-hybridized carbons (Fsp3) is 0.538. The maximum atomic E-state index is 5.80. The molecule has 5 heteroatoms. The lowest BCUT2D eigenvalue weighted by Gasteiger charge is -2.36. The van der Waals surface area contributed by atoms with Crippen LogP contribution in [0, 0.1) is 6.92 Å². The minimum Gasteiger partial charge on any atom is -0.389 e. The highest BCUT2D eigenvalue weighted by molar-refractivity contribution is 8.00. The minimum absolute atomic E-state index is 0.427. The third kappa shape index (κ3) is 2.95. The van der Waals surface area contributed by atoms with Crippen LogP contribution < -0.4 is 10.6 Å². The van der Waals surface area contributed by atoms with Crippen LogP contribution in [0.15, 0.2) is 12.1 Å². The van der Waals surface area contributed by atoms with E-state index in [9.17, 15) is 0 Å². The van der Waals surface area contributed by atoms with Gasteiger partial charge in [0.15, 0.2) is 0 Å². The minimum atomic E-state index is 0.427. The van der Waals surface area contributed by atoms with Crippen LogP contribution in [-0.2, 0) is 0 Å². The summed E-state index contributed by atoms with van der Waals surface area (Å²) in [5.74, 6) is 0.946. The topological polar surface area (TPSA) is 42.1 Å². The SMILES string of the molecule is Cc1ccc(C(N)=S)c(N2CC(C)SC(C)C2)n1. The number of hydrogen-bond acceptors (Lipinski definition) is 4. The number of aryl methyl sites for hydroxylation is 1. The molecule has 2 unspecified atom stereocenters. The second-order valence-corrected chi connectivity index (χ2v) is 7.17. The first kappa shape index (κ1) is 13.6. The van der Waals surface area contributed by atoms with Gasteiger partial charge in [0.05, 0.1) is 5.56 Å². The van der Waals surface area contributed by atoms with Crippen LogP contribution in [0.1, 0.15) is 25.1 Å². The average molecular weight is 281 g/mol. The van der Waals surface area contributed by atoms with Crippen LogP contribution in [-0.4, -0.2) is 33.6 Å². The molecule has 1 fully saturated rings. The average Bonchev–Trinajstić information content (AvgIpc) is 2.27. The predicted octanol–water partition coefficient (Wildman–Crippen LogP) is 2.35. The van der Waals surface area contributed by atoms with Gasteiger partial charge < -0.3 is 10.6 Å². The molecular weight excluding hydrogens is 262 g/mol. The zero-order chi connectivity index (χ0) is 13.3. The second-order valence-electron chi connectivity index (χ2n) is 4.85. The van der Waals surface area contributed by atoms with Crippen LogP contribution in [0.2, 0.25) is 0 Å². The van der Waals surface area contributed by atoms with Gasteiger partial charge >= 0.3 is 0 Å². The number of aromatic nitrogens is 1. The van der Waals surface area contributed by atoms with E-state index in [-0.39, 0.29) is 0 Å². The van der Waals surface area contributed by atoms with Crippen molar-refractivity contribution >= 4 is 34.8 Å². The first-order valence-corrected chi connectivity index (χ1v) is 7.50. The van der Waals surface area contributed by atoms with Crippen LogP contribution in [0.5, 0.6) is 0 Å². The van der Waals surface area contributed by atoms with Gasteiger partial charge in [0, 0.05) is 29.3 Å². The standard InChI is InChI=1S/C13H19N3S2/c1-8-4-5-11(12(14)17)13(15-8)16-6-9(2)18-10(3)7-16/h4-5,9-10H,6-7H2,1-3H3,(H2,14,17). The second kappa shape index (κ2) is 5.45. The normalized spacial score (nSPS) is 24.1. The van der Waals surface area contributed by atoms with Crippen molar-refractivity contribution in [3.8, 4) is 0 Å². The number of hydrogen-bond donors (Lipinski definition) is 1. The predicted molar refractivity (Wildman–Crippen MR) is 83.6 cm³/mol. The smallest absolute Gasteiger partial charge is 0.139 e. The first-order valence-electron chi connectivity index (χ1n) is 6.15. The summed E-state index contributed by atoms with van der Waals surface area (Å²) in [6, 6.07) is 3.95. The van der Waals surface area contributed by atoms with Gasteiger partial charge in [0.1, 0.15) is 10.8 Å². The zero-order valence-electron chi connectivity index (χ0n) is 11.0. The Morgan fingerprint density at radius 1 is 1.39 bits per heavy atom. The number of nitrogens with zero attached hydrogens (tertiary/aromatic N) is 2. The summed E-state index contributed by atoms with van der Waals surface area (Å²) in [6.45, 7) is 8.51. The molecule has 2 N–H and O–H groups in total. The molecule has 0 bridgehead atoms. The highest BCUT2D eigenvalue weighted by Crippen LogP contribution is 2.29. The molecule has 0 amide bonds. The van der Waals surface area contributed by atoms with Gasteiger partial charge in [-0.3, -0.25) is 0 Å². The van der Waals surface area contributed by atoms with E-state index in [4.69, 9.17) is 18.0 Å². The Balaban J connectivity index is 2.36. The highest BCUT2D eigenvalue weighted by atomic mass is 32.2. The van der Waals surface area contributed by atoms with Crippen LogP contribution in [0.25, 0.3) is 0 Å². The number of thiocarbonyl (C=S) groups is 1. The molecule has 0 aromatic carbocycles. The maximum absolute atomic E-state index is 5.80. The molecule has 0 spiro atoms. The molecule has 1 aliphatic rings. The number of rotatable bonds is 2. The van der Waals surface area contributed by atoms with Gasteiger partial charge in [-0.25, -0.2) is 4.98 Å². The molecule has 98 valence electrons. The zero-order valence-corrected chi connectivity index (χ0v) is 12.6. The van der Waals surface area contributed by atoms with Gasteiger partial charge in [-0.1, -0.05) is 26.1 Å². The van der Waals surface area contributed by atoms with Gasteiger partial charge in [-0.15, -0.1) is 0 Å². The Morgan fingerprint density at radius 2 is 2.00 bits per heavy atom. The molecule has 18 heavy (non-hydrogen) atoms. The van der Waals surface area contributed by atoms with Gasteiger partial charge in [-0.2, -0.15) is 11.8 Å². The Labute approximate surface area is 118 Å². The van der Waals surface area contributed by atoms with E-state index in [1.807, 2.05) is 30.8 Å². The number of nitrogens with two attached hydrogens (primary N) is 1. The largest absolute Gasteiger partial charge is 0.389 e. The molecule has 2 atom stereocenters. The fourth-order valence-corrected chi connectivity index (χ4v) is 3.81.